The fraction of sp³-hybridized carbons (Fsp3) is 0.400. The Balaban J connectivity index is 2.22. The topological polar surface area (TPSA) is 64.4 Å². The molecule has 1 heterocycles. The predicted molar refractivity (Wildman–Crippen MR) is 55.0 cm³/mol. The van der Waals surface area contributed by atoms with Gasteiger partial charge in [0.1, 0.15) is 11.9 Å². The van der Waals surface area contributed by atoms with Crippen LogP contribution in [0, 0.1) is 15.9 Å². The molecule has 1 unspecified atom stereocenters. The van der Waals surface area contributed by atoms with Gasteiger partial charge >= 0.3 is 5.69 Å². The number of benzene rings is 1. The van der Waals surface area contributed by atoms with Crippen molar-refractivity contribution in [1.82, 2.24) is 5.32 Å². The fourth-order valence-corrected chi connectivity index (χ4v) is 1.64. The Morgan fingerprint density at radius 3 is 3.00 bits per heavy atom. The van der Waals surface area contributed by atoms with E-state index in [4.69, 9.17) is 4.74 Å². The van der Waals surface area contributed by atoms with Gasteiger partial charge in [0.15, 0.2) is 5.75 Å². The Morgan fingerprint density at radius 2 is 2.38 bits per heavy atom. The van der Waals surface area contributed by atoms with E-state index in [1.807, 2.05) is 0 Å². The van der Waals surface area contributed by atoms with Crippen molar-refractivity contribution in [3.63, 3.8) is 0 Å². The maximum Gasteiger partial charge on any atom is 0.311 e. The number of nitrogens with one attached hydrogen (secondary N) is 1. The number of nitro groups is 1. The molecular formula is C10H11FN2O3. The van der Waals surface area contributed by atoms with E-state index in [0.29, 0.717) is 6.54 Å². The molecule has 1 aromatic carbocycles. The van der Waals surface area contributed by atoms with Crippen LogP contribution in [0.3, 0.4) is 0 Å². The summed E-state index contributed by atoms with van der Waals surface area (Å²) in [6, 6.07) is 3.22. The Hall–Kier alpha value is -1.69. The molecule has 1 aliphatic rings. The highest BCUT2D eigenvalue weighted by Gasteiger charge is 2.22. The average Bonchev–Trinajstić information content (AvgIpc) is 2.70. The molecule has 86 valence electrons. The number of hydrogen-bond donors (Lipinski definition) is 1. The summed E-state index contributed by atoms with van der Waals surface area (Å²) in [6.07, 6.45) is 0.647. The first-order valence-corrected chi connectivity index (χ1v) is 4.98. The van der Waals surface area contributed by atoms with Crippen LogP contribution in [0.5, 0.6) is 5.75 Å². The van der Waals surface area contributed by atoms with Crippen LogP contribution in [0.4, 0.5) is 10.1 Å². The number of nitrogens with zero attached hydrogens (tertiary/aromatic N) is 1. The minimum Gasteiger partial charge on any atom is -0.482 e. The van der Waals surface area contributed by atoms with Gasteiger partial charge in [0.2, 0.25) is 0 Å². The van der Waals surface area contributed by atoms with Crippen LogP contribution < -0.4 is 10.1 Å². The summed E-state index contributed by atoms with van der Waals surface area (Å²) in [7, 11) is 0. The summed E-state index contributed by atoms with van der Waals surface area (Å²) in [5.41, 5.74) is -0.201. The number of nitro benzene ring substituents is 1. The van der Waals surface area contributed by atoms with Gasteiger partial charge in [-0.25, -0.2) is 4.39 Å². The lowest BCUT2D eigenvalue weighted by atomic mass is 10.2. The van der Waals surface area contributed by atoms with Gasteiger partial charge in [-0.3, -0.25) is 10.1 Å². The lowest BCUT2D eigenvalue weighted by Gasteiger charge is -2.12. The minimum atomic E-state index is -0.572. The van der Waals surface area contributed by atoms with Crippen LogP contribution in [-0.2, 0) is 0 Å². The molecule has 0 aromatic heterocycles. The zero-order valence-electron chi connectivity index (χ0n) is 8.48. The molecule has 1 aromatic rings. The third-order valence-electron chi connectivity index (χ3n) is 2.43. The molecule has 1 N–H and O–H groups in total. The van der Waals surface area contributed by atoms with Crippen molar-refractivity contribution in [3.8, 4) is 5.75 Å². The molecule has 1 saturated heterocycles. The van der Waals surface area contributed by atoms with E-state index >= 15 is 0 Å². The van der Waals surface area contributed by atoms with Gasteiger partial charge in [-0.05, 0) is 19.0 Å². The van der Waals surface area contributed by atoms with E-state index in [0.717, 1.165) is 31.2 Å². The zero-order chi connectivity index (χ0) is 11.5. The van der Waals surface area contributed by atoms with Gasteiger partial charge in [-0.1, -0.05) is 0 Å². The molecule has 0 spiro atoms. The second-order valence-corrected chi connectivity index (χ2v) is 3.60. The lowest BCUT2D eigenvalue weighted by molar-refractivity contribution is -0.386. The second kappa shape index (κ2) is 4.44. The van der Waals surface area contributed by atoms with Gasteiger partial charge < -0.3 is 10.1 Å². The summed E-state index contributed by atoms with van der Waals surface area (Å²) in [6.45, 7) is 1.45. The lowest BCUT2D eigenvalue weighted by Crippen LogP contribution is -2.20. The van der Waals surface area contributed by atoms with Gasteiger partial charge in [-0.2, -0.15) is 0 Å². The number of ether oxygens (including phenoxy) is 1. The molecular weight excluding hydrogens is 215 g/mol. The third-order valence-corrected chi connectivity index (χ3v) is 2.43. The molecule has 0 amide bonds. The van der Waals surface area contributed by atoms with Crippen molar-refractivity contribution in [2.75, 3.05) is 13.1 Å². The predicted octanol–water partition coefficient (Wildman–Crippen LogP) is 1.47. The van der Waals surface area contributed by atoms with Gasteiger partial charge in [0.25, 0.3) is 0 Å². The standard InChI is InChI=1S/C10H11FN2O3/c11-7-1-2-9(13(14)15)10(5-7)16-8-3-4-12-6-8/h1-2,5,8,12H,3-4,6H2. The Morgan fingerprint density at radius 1 is 1.56 bits per heavy atom. The Labute approximate surface area is 91.4 Å². The largest absolute Gasteiger partial charge is 0.482 e. The summed E-state index contributed by atoms with van der Waals surface area (Å²) >= 11 is 0. The van der Waals surface area contributed by atoms with Crippen molar-refractivity contribution in [2.24, 2.45) is 0 Å². The van der Waals surface area contributed by atoms with Gasteiger partial charge in [-0.15, -0.1) is 0 Å². The highest BCUT2D eigenvalue weighted by Crippen LogP contribution is 2.29. The maximum absolute atomic E-state index is 13.0. The van der Waals surface area contributed by atoms with Crippen molar-refractivity contribution < 1.29 is 14.1 Å². The van der Waals surface area contributed by atoms with E-state index in [2.05, 4.69) is 5.32 Å². The van der Waals surface area contributed by atoms with E-state index in [1.165, 1.54) is 0 Å². The van der Waals surface area contributed by atoms with Crippen molar-refractivity contribution in [3.05, 3.63) is 34.1 Å². The monoisotopic (exact) mass is 226 g/mol. The quantitative estimate of drug-likeness (QED) is 0.626. The SMILES string of the molecule is O=[N+]([O-])c1ccc(F)cc1OC1CCNC1. The molecule has 1 aliphatic heterocycles. The molecule has 0 bridgehead atoms. The molecule has 2 rings (SSSR count). The highest BCUT2D eigenvalue weighted by atomic mass is 19.1. The molecule has 1 fully saturated rings. The number of hydrogen-bond acceptors (Lipinski definition) is 4. The molecule has 0 aliphatic carbocycles. The van der Waals surface area contributed by atoms with Crippen LogP contribution in [0.25, 0.3) is 0 Å². The second-order valence-electron chi connectivity index (χ2n) is 3.60. The molecule has 6 heteroatoms. The van der Waals surface area contributed by atoms with Crippen LogP contribution in [0.1, 0.15) is 6.42 Å². The van der Waals surface area contributed by atoms with Crippen LogP contribution in [-0.4, -0.2) is 24.1 Å². The molecule has 1 atom stereocenters. The summed E-state index contributed by atoms with van der Waals surface area (Å²) < 4.78 is 18.4. The van der Waals surface area contributed by atoms with E-state index in [1.54, 1.807) is 0 Å². The first-order chi connectivity index (χ1) is 7.66. The zero-order valence-corrected chi connectivity index (χ0v) is 8.48. The van der Waals surface area contributed by atoms with Crippen molar-refractivity contribution in [1.29, 1.82) is 0 Å². The number of halogens is 1. The first kappa shape index (κ1) is 10.8. The molecule has 16 heavy (non-hydrogen) atoms. The van der Waals surface area contributed by atoms with Crippen LogP contribution >= 0.6 is 0 Å². The van der Waals surface area contributed by atoms with E-state index < -0.39 is 10.7 Å². The molecule has 0 radical (unpaired) electrons. The number of rotatable bonds is 3. The molecule has 5 nitrogen and oxygen atoms in total. The van der Waals surface area contributed by atoms with Crippen LogP contribution in [0.15, 0.2) is 18.2 Å². The van der Waals surface area contributed by atoms with E-state index in [9.17, 15) is 14.5 Å². The third kappa shape index (κ3) is 2.27. The summed E-state index contributed by atoms with van der Waals surface area (Å²) in [5, 5.41) is 13.8. The highest BCUT2D eigenvalue weighted by molar-refractivity contribution is 5.46. The Bertz CT molecular complexity index is 405. The fourth-order valence-electron chi connectivity index (χ4n) is 1.64. The van der Waals surface area contributed by atoms with E-state index in [-0.39, 0.29) is 17.5 Å². The summed E-state index contributed by atoms with van der Waals surface area (Å²) in [5.74, 6) is -0.537. The smallest absolute Gasteiger partial charge is 0.311 e. The van der Waals surface area contributed by atoms with Crippen molar-refractivity contribution >= 4 is 5.69 Å². The van der Waals surface area contributed by atoms with Gasteiger partial charge in [0, 0.05) is 18.7 Å². The minimum absolute atomic E-state index is 0.00120. The normalized spacial score (nSPS) is 19.7. The Kier molecular flexibility index (Phi) is 3.00. The molecule has 0 saturated carbocycles. The first-order valence-electron chi connectivity index (χ1n) is 4.98. The average molecular weight is 226 g/mol. The van der Waals surface area contributed by atoms with Crippen molar-refractivity contribution in [2.45, 2.75) is 12.5 Å². The maximum atomic E-state index is 13.0. The van der Waals surface area contributed by atoms with Crippen LogP contribution in [0.2, 0.25) is 0 Å². The van der Waals surface area contributed by atoms with Gasteiger partial charge in [0.05, 0.1) is 4.92 Å². The summed E-state index contributed by atoms with van der Waals surface area (Å²) in [4.78, 5) is 10.1.